The van der Waals surface area contributed by atoms with Crippen LogP contribution in [-0.4, -0.2) is 14.6 Å². The second kappa shape index (κ2) is 5.35. The summed E-state index contributed by atoms with van der Waals surface area (Å²) in [4.78, 5) is 9.03. The van der Waals surface area contributed by atoms with Crippen LogP contribution in [0, 0.1) is 5.41 Å². The minimum Gasteiger partial charge on any atom is -0.336 e. The summed E-state index contributed by atoms with van der Waals surface area (Å²) in [6.45, 7) is 0. The fourth-order valence-electron chi connectivity index (χ4n) is 3.29. The van der Waals surface area contributed by atoms with Gasteiger partial charge in [0.1, 0.15) is 6.33 Å². The number of hydrogen-bond acceptors (Lipinski definition) is 4. The first-order valence-electron chi connectivity index (χ1n) is 7.64. The zero-order chi connectivity index (χ0) is 16.0. The predicted octanol–water partition coefficient (Wildman–Crippen LogP) is 2.82. The topological polar surface area (TPSA) is 80.6 Å². The molecule has 0 radical (unpaired) electrons. The molecule has 1 aromatic carbocycles. The van der Waals surface area contributed by atoms with Crippen LogP contribution in [0.5, 0.6) is 0 Å². The number of nitrogens with two attached hydrogens (primary N) is 1. The highest BCUT2D eigenvalue weighted by Crippen LogP contribution is 2.35. The Labute approximate surface area is 138 Å². The fourth-order valence-corrected chi connectivity index (χ4v) is 3.41. The predicted molar refractivity (Wildman–Crippen MR) is 90.6 cm³/mol. The molecule has 0 bridgehead atoms. The van der Waals surface area contributed by atoms with Gasteiger partial charge in [-0.25, -0.2) is 14.6 Å². The Kier molecular flexibility index (Phi) is 3.31. The molecule has 3 N–H and O–H groups in total. The number of fused-ring (bicyclic) bond motifs is 2. The molecule has 3 aromatic rings. The number of benzene rings is 1. The van der Waals surface area contributed by atoms with E-state index in [-0.39, 0.29) is 5.49 Å². The molecule has 4 rings (SSSR count). The van der Waals surface area contributed by atoms with Gasteiger partial charge >= 0.3 is 0 Å². The van der Waals surface area contributed by atoms with Gasteiger partial charge in [-0.15, -0.1) is 0 Å². The summed E-state index contributed by atoms with van der Waals surface area (Å²) in [5.74, 6) is 5.85. The normalized spacial score (nSPS) is 14.0. The third kappa shape index (κ3) is 2.28. The Morgan fingerprint density at radius 1 is 1.13 bits per heavy atom. The molecule has 5 nitrogen and oxygen atoms in total. The zero-order valence-electron chi connectivity index (χ0n) is 12.5. The molecule has 0 saturated heterocycles. The van der Waals surface area contributed by atoms with Gasteiger partial charge in [-0.3, -0.25) is 5.41 Å². The molecule has 116 valence electrons. The van der Waals surface area contributed by atoms with Crippen LogP contribution in [0.2, 0.25) is 5.02 Å². The van der Waals surface area contributed by atoms with E-state index in [4.69, 9.17) is 27.8 Å². The highest BCUT2D eigenvalue weighted by molar-refractivity contribution is 6.30. The second-order valence-corrected chi connectivity index (χ2v) is 6.26. The van der Waals surface area contributed by atoms with Crippen LogP contribution >= 0.6 is 11.6 Å². The molecular formula is C17H16ClN5. The number of aryl methyl sites for hydroxylation is 1. The van der Waals surface area contributed by atoms with Crippen LogP contribution in [0.3, 0.4) is 0 Å². The number of nitrogen functional groups attached to an aromatic ring is 1. The van der Waals surface area contributed by atoms with Crippen LogP contribution in [0.15, 0.2) is 30.6 Å². The highest BCUT2D eigenvalue weighted by Gasteiger charge is 2.21. The van der Waals surface area contributed by atoms with Gasteiger partial charge in [0.25, 0.3) is 0 Å². The van der Waals surface area contributed by atoms with Gasteiger partial charge in [0.15, 0.2) is 11.1 Å². The standard InChI is InChI=1S/C17H16ClN5/c18-11-7-5-10(6-8-11)14-12-3-1-2-4-13(12)22-17-15(14)16(19)23(20)9-21-17/h5-9,19H,1-4,20H2. The lowest BCUT2D eigenvalue weighted by Gasteiger charge is -2.21. The second-order valence-electron chi connectivity index (χ2n) is 5.83. The first-order chi connectivity index (χ1) is 11.1. The minimum absolute atomic E-state index is 0.223. The van der Waals surface area contributed by atoms with E-state index in [9.17, 15) is 0 Å². The van der Waals surface area contributed by atoms with Crippen molar-refractivity contribution < 1.29 is 0 Å². The molecule has 0 amide bonds. The number of nitrogens with one attached hydrogen (secondary N) is 1. The van der Waals surface area contributed by atoms with Crippen LogP contribution in [0.4, 0.5) is 0 Å². The maximum absolute atomic E-state index is 8.37. The van der Waals surface area contributed by atoms with E-state index in [0.29, 0.717) is 16.1 Å². The Hall–Kier alpha value is -2.40. The molecule has 0 fully saturated rings. The number of pyridine rings is 1. The van der Waals surface area contributed by atoms with Crippen molar-refractivity contribution >= 4 is 22.6 Å². The SMILES string of the molecule is N=c1c2c(-c3ccc(Cl)cc3)c3c(nc2ncn1N)CCCC3. The van der Waals surface area contributed by atoms with E-state index >= 15 is 0 Å². The van der Waals surface area contributed by atoms with Crippen LogP contribution in [-0.2, 0) is 12.8 Å². The molecule has 23 heavy (non-hydrogen) atoms. The quantitative estimate of drug-likeness (QED) is 0.675. The Morgan fingerprint density at radius 3 is 2.65 bits per heavy atom. The molecule has 0 spiro atoms. The van der Waals surface area contributed by atoms with E-state index in [1.165, 1.54) is 16.6 Å². The monoisotopic (exact) mass is 325 g/mol. The Balaban J connectivity index is 2.15. The lowest BCUT2D eigenvalue weighted by Crippen LogP contribution is -2.28. The summed E-state index contributed by atoms with van der Waals surface area (Å²) >= 11 is 6.03. The first-order valence-corrected chi connectivity index (χ1v) is 8.01. The smallest absolute Gasteiger partial charge is 0.165 e. The number of aromatic nitrogens is 3. The Bertz CT molecular complexity index is 959. The lowest BCUT2D eigenvalue weighted by molar-refractivity contribution is 0.671. The number of nitrogens with zero attached hydrogens (tertiary/aromatic N) is 3. The third-order valence-corrected chi connectivity index (χ3v) is 4.64. The average molecular weight is 326 g/mol. The summed E-state index contributed by atoms with van der Waals surface area (Å²) in [7, 11) is 0. The van der Waals surface area contributed by atoms with Crippen molar-refractivity contribution in [2.45, 2.75) is 25.7 Å². The summed E-state index contributed by atoms with van der Waals surface area (Å²) in [5.41, 5.74) is 5.17. The lowest BCUT2D eigenvalue weighted by atomic mass is 9.87. The maximum atomic E-state index is 8.37. The molecule has 1 aliphatic rings. The molecular weight excluding hydrogens is 310 g/mol. The summed E-state index contributed by atoms with van der Waals surface area (Å²) in [6, 6.07) is 7.71. The molecule has 2 heterocycles. The van der Waals surface area contributed by atoms with Crippen LogP contribution in [0.1, 0.15) is 24.1 Å². The van der Waals surface area contributed by atoms with Crippen molar-refractivity contribution in [2.24, 2.45) is 0 Å². The molecule has 2 aromatic heterocycles. The molecule has 1 aliphatic carbocycles. The van der Waals surface area contributed by atoms with Gasteiger partial charge in [0.2, 0.25) is 0 Å². The number of rotatable bonds is 1. The van der Waals surface area contributed by atoms with Gasteiger partial charge in [0, 0.05) is 16.3 Å². The maximum Gasteiger partial charge on any atom is 0.165 e. The summed E-state index contributed by atoms with van der Waals surface area (Å²) in [5, 5.41) is 9.77. The highest BCUT2D eigenvalue weighted by atomic mass is 35.5. The van der Waals surface area contributed by atoms with Gasteiger partial charge in [-0.1, -0.05) is 23.7 Å². The molecule has 6 heteroatoms. The van der Waals surface area contributed by atoms with E-state index in [1.807, 2.05) is 24.3 Å². The fraction of sp³-hybridized carbons (Fsp3) is 0.235. The van der Waals surface area contributed by atoms with Crippen molar-refractivity contribution in [1.82, 2.24) is 14.6 Å². The number of halogens is 1. The van der Waals surface area contributed by atoms with Gasteiger partial charge < -0.3 is 5.84 Å². The van der Waals surface area contributed by atoms with Crippen LogP contribution in [0.25, 0.3) is 22.2 Å². The first kappa shape index (κ1) is 14.2. The van der Waals surface area contributed by atoms with Crippen molar-refractivity contribution in [3.63, 3.8) is 0 Å². The molecule has 0 saturated carbocycles. The minimum atomic E-state index is 0.223. The van der Waals surface area contributed by atoms with E-state index in [0.717, 1.165) is 42.5 Å². The van der Waals surface area contributed by atoms with E-state index in [1.54, 1.807) is 0 Å². The zero-order valence-corrected chi connectivity index (χ0v) is 13.3. The Morgan fingerprint density at radius 2 is 1.87 bits per heavy atom. The van der Waals surface area contributed by atoms with Gasteiger partial charge in [0.05, 0.1) is 5.39 Å². The molecule has 0 atom stereocenters. The molecule has 0 aliphatic heterocycles. The average Bonchev–Trinajstić information content (AvgIpc) is 2.57. The largest absolute Gasteiger partial charge is 0.336 e. The van der Waals surface area contributed by atoms with Gasteiger partial charge in [-0.2, -0.15) is 0 Å². The molecule has 0 unspecified atom stereocenters. The van der Waals surface area contributed by atoms with Crippen molar-refractivity contribution in [1.29, 1.82) is 5.41 Å². The third-order valence-electron chi connectivity index (χ3n) is 4.39. The summed E-state index contributed by atoms with van der Waals surface area (Å²) in [6.07, 6.45) is 5.64. The van der Waals surface area contributed by atoms with E-state index < -0.39 is 0 Å². The van der Waals surface area contributed by atoms with Crippen molar-refractivity contribution in [3.05, 3.63) is 52.4 Å². The van der Waals surface area contributed by atoms with Crippen molar-refractivity contribution in [3.8, 4) is 11.1 Å². The summed E-state index contributed by atoms with van der Waals surface area (Å²) < 4.78 is 1.23. The van der Waals surface area contributed by atoms with Gasteiger partial charge in [-0.05, 0) is 48.9 Å². The van der Waals surface area contributed by atoms with Crippen LogP contribution < -0.4 is 11.3 Å². The van der Waals surface area contributed by atoms with E-state index in [2.05, 4.69) is 4.98 Å². The number of hydrogen-bond donors (Lipinski definition) is 2. The van der Waals surface area contributed by atoms with Crippen molar-refractivity contribution in [2.75, 3.05) is 5.84 Å².